The molecule has 3 aromatic carbocycles. The molecular formula is C23H21N3O5. The number of rotatable bonds is 8. The minimum Gasteiger partial charge on any atom is -0.493 e. The zero-order valence-electron chi connectivity index (χ0n) is 17.1. The molecule has 8 heteroatoms. The molecule has 0 bridgehead atoms. The average molecular weight is 419 g/mol. The van der Waals surface area contributed by atoms with Gasteiger partial charge in [0.05, 0.1) is 18.2 Å². The molecule has 3 rings (SSSR count). The molecule has 8 nitrogen and oxygen atoms in total. The normalized spacial score (nSPS) is 10.6. The van der Waals surface area contributed by atoms with Crippen LogP contribution < -0.4 is 14.9 Å². The zero-order valence-corrected chi connectivity index (χ0v) is 17.1. The highest BCUT2D eigenvalue weighted by Gasteiger charge is 2.09. The van der Waals surface area contributed by atoms with Crippen LogP contribution in [0.3, 0.4) is 0 Å². The molecule has 0 heterocycles. The molecule has 0 radical (unpaired) electrons. The summed E-state index contributed by atoms with van der Waals surface area (Å²) in [6.07, 6.45) is 1.47. The number of amides is 1. The van der Waals surface area contributed by atoms with E-state index in [0.717, 1.165) is 5.56 Å². The molecule has 0 saturated heterocycles. The van der Waals surface area contributed by atoms with Gasteiger partial charge in [-0.2, -0.15) is 5.10 Å². The van der Waals surface area contributed by atoms with E-state index < -0.39 is 10.8 Å². The first-order chi connectivity index (χ1) is 15.0. The van der Waals surface area contributed by atoms with Gasteiger partial charge in [0, 0.05) is 17.7 Å². The molecule has 0 fully saturated rings. The zero-order chi connectivity index (χ0) is 22.2. The van der Waals surface area contributed by atoms with Gasteiger partial charge >= 0.3 is 0 Å². The van der Waals surface area contributed by atoms with Crippen LogP contribution in [0.2, 0.25) is 0 Å². The summed E-state index contributed by atoms with van der Waals surface area (Å²) in [5.74, 6) is 0.656. The lowest BCUT2D eigenvalue weighted by atomic mass is 10.1. The minimum absolute atomic E-state index is 0.0866. The molecule has 0 aromatic heterocycles. The lowest BCUT2D eigenvalue weighted by Crippen LogP contribution is -2.17. The Morgan fingerprint density at radius 1 is 1.06 bits per heavy atom. The summed E-state index contributed by atoms with van der Waals surface area (Å²) in [5, 5.41) is 14.6. The van der Waals surface area contributed by atoms with Gasteiger partial charge in [-0.1, -0.05) is 29.8 Å². The number of non-ortho nitro benzene ring substituents is 1. The molecule has 0 aliphatic carbocycles. The maximum atomic E-state index is 12.1. The fourth-order valence-corrected chi connectivity index (χ4v) is 2.70. The van der Waals surface area contributed by atoms with Gasteiger partial charge in [-0.05, 0) is 48.4 Å². The van der Waals surface area contributed by atoms with Crippen LogP contribution in [0.4, 0.5) is 5.69 Å². The molecule has 1 N–H and O–H groups in total. The van der Waals surface area contributed by atoms with E-state index >= 15 is 0 Å². The van der Waals surface area contributed by atoms with E-state index in [0.29, 0.717) is 23.7 Å². The summed E-state index contributed by atoms with van der Waals surface area (Å²) in [5.41, 5.74) is 5.48. The molecule has 0 spiro atoms. The number of carbonyl (C=O) groups excluding carboxylic acids is 1. The van der Waals surface area contributed by atoms with Crippen LogP contribution in [0.5, 0.6) is 11.5 Å². The number of methoxy groups -OCH3 is 1. The van der Waals surface area contributed by atoms with Crippen molar-refractivity contribution in [3.63, 3.8) is 0 Å². The molecular weight excluding hydrogens is 398 g/mol. The number of hydrogen-bond donors (Lipinski definition) is 1. The van der Waals surface area contributed by atoms with Gasteiger partial charge in [0.25, 0.3) is 11.6 Å². The molecule has 1 amide bonds. The Bertz CT molecular complexity index is 1090. The predicted molar refractivity (Wildman–Crippen MR) is 117 cm³/mol. The topological polar surface area (TPSA) is 103 Å². The molecule has 158 valence electrons. The van der Waals surface area contributed by atoms with Crippen LogP contribution in [-0.2, 0) is 6.61 Å². The monoisotopic (exact) mass is 419 g/mol. The first-order valence-electron chi connectivity index (χ1n) is 9.40. The van der Waals surface area contributed by atoms with Gasteiger partial charge in [-0.3, -0.25) is 14.9 Å². The van der Waals surface area contributed by atoms with Crippen molar-refractivity contribution in [1.82, 2.24) is 5.43 Å². The lowest BCUT2D eigenvalue weighted by molar-refractivity contribution is -0.384. The summed E-state index contributed by atoms with van der Waals surface area (Å²) in [6.45, 7) is 2.41. The van der Waals surface area contributed by atoms with Crippen molar-refractivity contribution in [2.45, 2.75) is 13.5 Å². The number of benzene rings is 3. The van der Waals surface area contributed by atoms with Gasteiger partial charge < -0.3 is 9.47 Å². The Hall–Kier alpha value is -4.20. The van der Waals surface area contributed by atoms with E-state index in [4.69, 9.17) is 9.47 Å². The standard InChI is InChI=1S/C23H21N3O5/c1-16-3-5-17(6-4-16)15-31-22-13-18(7-12-21(22)30-2)14-24-25-23(27)19-8-10-20(11-9-19)26(28)29/h3-14H,15H2,1-2H3,(H,25,27)/b24-14+. The number of ether oxygens (including phenoxy) is 2. The summed E-state index contributed by atoms with van der Waals surface area (Å²) in [7, 11) is 1.56. The number of hydrogen-bond acceptors (Lipinski definition) is 6. The van der Waals surface area contributed by atoms with Crippen LogP contribution in [0.1, 0.15) is 27.0 Å². The van der Waals surface area contributed by atoms with Crippen molar-refractivity contribution >= 4 is 17.8 Å². The molecule has 0 atom stereocenters. The van der Waals surface area contributed by atoms with Crippen molar-refractivity contribution in [2.75, 3.05) is 7.11 Å². The number of nitrogens with one attached hydrogen (secondary N) is 1. The third kappa shape index (κ3) is 5.89. The molecule has 31 heavy (non-hydrogen) atoms. The number of aryl methyl sites for hydroxylation is 1. The number of carbonyl (C=O) groups is 1. The largest absolute Gasteiger partial charge is 0.493 e. The van der Waals surface area contributed by atoms with E-state index in [9.17, 15) is 14.9 Å². The van der Waals surface area contributed by atoms with E-state index in [1.807, 2.05) is 31.2 Å². The quantitative estimate of drug-likeness (QED) is 0.334. The van der Waals surface area contributed by atoms with Crippen molar-refractivity contribution in [3.8, 4) is 11.5 Å². The summed E-state index contributed by atoms with van der Waals surface area (Å²) < 4.78 is 11.2. The maximum Gasteiger partial charge on any atom is 0.271 e. The Morgan fingerprint density at radius 3 is 2.42 bits per heavy atom. The van der Waals surface area contributed by atoms with Crippen LogP contribution in [0.25, 0.3) is 0 Å². The number of nitro groups is 1. The molecule has 0 aliphatic rings. The van der Waals surface area contributed by atoms with Crippen molar-refractivity contribution in [3.05, 3.63) is 99.1 Å². The SMILES string of the molecule is COc1ccc(/C=N/NC(=O)c2ccc([N+](=O)[O-])cc2)cc1OCc1ccc(C)cc1. The Morgan fingerprint density at radius 2 is 1.77 bits per heavy atom. The van der Waals surface area contributed by atoms with Crippen molar-refractivity contribution in [2.24, 2.45) is 5.10 Å². The third-order valence-electron chi connectivity index (χ3n) is 4.42. The highest BCUT2D eigenvalue weighted by molar-refractivity contribution is 5.95. The summed E-state index contributed by atoms with van der Waals surface area (Å²) in [6, 6.07) is 18.6. The Kier molecular flexibility index (Phi) is 6.95. The first-order valence-corrected chi connectivity index (χ1v) is 9.40. The molecule has 3 aromatic rings. The van der Waals surface area contributed by atoms with E-state index in [-0.39, 0.29) is 11.3 Å². The molecule has 0 saturated carbocycles. The van der Waals surface area contributed by atoms with Gasteiger partial charge in [0.2, 0.25) is 0 Å². The Balaban J connectivity index is 1.64. The van der Waals surface area contributed by atoms with E-state index in [1.165, 1.54) is 36.0 Å². The van der Waals surface area contributed by atoms with Crippen molar-refractivity contribution in [1.29, 1.82) is 0 Å². The van der Waals surface area contributed by atoms with Crippen LogP contribution in [0, 0.1) is 17.0 Å². The van der Waals surface area contributed by atoms with Gasteiger partial charge in [-0.15, -0.1) is 0 Å². The van der Waals surface area contributed by atoms with Gasteiger partial charge in [0.15, 0.2) is 11.5 Å². The van der Waals surface area contributed by atoms with Crippen LogP contribution in [0.15, 0.2) is 71.8 Å². The number of nitrogens with zero attached hydrogens (tertiary/aromatic N) is 2. The van der Waals surface area contributed by atoms with E-state index in [1.54, 1.807) is 25.3 Å². The smallest absolute Gasteiger partial charge is 0.271 e. The minimum atomic E-state index is -0.526. The van der Waals surface area contributed by atoms with Crippen molar-refractivity contribution < 1.29 is 19.2 Å². The van der Waals surface area contributed by atoms with E-state index in [2.05, 4.69) is 10.5 Å². The summed E-state index contributed by atoms with van der Waals surface area (Å²) >= 11 is 0. The first kappa shape index (κ1) is 21.5. The molecule has 0 unspecified atom stereocenters. The second kappa shape index (κ2) is 10.0. The fourth-order valence-electron chi connectivity index (χ4n) is 2.70. The second-order valence-electron chi connectivity index (χ2n) is 6.69. The molecule has 0 aliphatic heterocycles. The third-order valence-corrected chi connectivity index (χ3v) is 4.42. The second-order valence-corrected chi connectivity index (χ2v) is 6.69. The Labute approximate surface area is 179 Å². The maximum absolute atomic E-state index is 12.1. The summed E-state index contributed by atoms with van der Waals surface area (Å²) in [4.78, 5) is 22.3. The predicted octanol–water partition coefficient (Wildman–Crippen LogP) is 4.25. The lowest BCUT2D eigenvalue weighted by Gasteiger charge is -2.11. The fraction of sp³-hybridized carbons (Fsp3) is 0.130. The van der Waals surface area contributed by atoms with Crippen LogP contribution in [-0.4, -0.2) is 24.2 Å². The highest BCUT2D eigenvalue weighted by Crippen LogP contribution is 2.28. The number of hydrazone groups is 1. The van der Waals surface area contributed by atoms with Gasteiger partial charge in [0.1, 0.15) is 6.61 Å². The van der Waals surface area contributed by atoms with Gasteiger partial charge in [-0.25, -0.2) is 5.43 Å². The average Bonchev–Trinajstić information content (AvgIpc) is 2.78. The highest BCUT2D eigenvalue weighted by atomic mass is 16.6. The van der Waals surface area contributed by atoms with Crippen LogP contribution >= 0.6 is 0 Å². The number of nitro benzene ring substituents is 1.